The SMILES string of the molecule is C[C@@H](c1nc2cccc(Cl)c2c(=O)n1C1CCN(CC(F)(F)F)CC1)N(C)C(=O)OC1c2ccccc2-c2ccccc21. The summed E-state index contributed by atoms with van der Waals surface area (Å²) in [5.74, 6) is 0.320. The van der Waals surface area contributed by atoms with Crippen LogP contribution in [0.3, 0.4) is 0 Å². The summed E-state index contributed by atoms with van der Waals surface area (Å²) in [5, 5.41) is 0.478. The number of hydrogen-bond acceptors (Lipinski definition) is 5. The number of carbonyl (C=O) groups excluding carboxylic acids is 1. The zero-order valence-electron chi connectivity index (χ0n) is 23.6. The van der Waals surface area contributed by atoms with Gasteiger partial charge in [-0.1, -0.05) is 66.2 Å². The highest BCUT2D eigenvalue weighted by Crippen LogP contribution is 2.45. The molecule has 7 nitrogen and oxygen atoms in total. The Morgan fingerprint density at radius 2 is 1.63 bits per heavy atom. The lowest BCUT2D eigenvalue weighted by atomic mass is 10.0. The lowest BCUT2D eigenvalue weighted by Crippen LogP contribution is -2.43. The highest BCUT2D eigenvalue weighted by atomic mass is 35.5. The fraction of sp³-hybridized carbons (Fsp3) is 0.344. The van der Waals surface area contributed by atoms with Crippen molar-refractivity contribution in [3.8, 4) is 11.1 Å². The molecule has 1 atom stereocenters. The van der Waals surface area contributed by atoms with Crippen LogP contribution in [0.25, 0.3) is 22.0 Å². The molecule has 3 aromatic carbocycles. The number of hydrogen-bond donors (Lipinski definition) is 0. The maximum Gasteiger partial charge on any atom is 0.411 e. The van der Waals surface area contributed by atoms with Crippen molar-refractivity contribution in [3.05, 3.63) is 99.1 Å². The van der Waals surface area contributed by atoms with Crippen LogP contribution < -0.4 is 5.56 Å². The first-order chi connectivity index (χ1) is 20.5. The second-order valence-electron chi connectivity index (χ2n) is 11.1. The average Bonchev–Trinajstić information content (AvgIpc) is 3.29. The Bertz CT molecular complexity index is 1700. The molecule has 0 N–H and O–H groups in total. The molecule has 43 heavy (non-hydrogen) atoms. The van der Waals surface area contributed by atoms with Gasteiger partial charge in [0.25, 0.3) is 5.56 Å². The van der Waals surface area contributed by atoms with Crippen LogP contribution in [-0.2, 0) is 4.74 Å². The van der Waals surface area contributed by atoms with E-state index in [4.69, 9.17) is 21.3 Å². The molecule has 0 saturated carbocycles. The zero-order chi connectivity index (χ0) is 30.5. The van der Waals surface area contributed by atoms with Crippen LogP contribution in [0.4, 0.5) is 18.0 Å². The smallest absolute Gasteiger partial charge is 0.411 e. The summed E-state index contributed by atoms with van der Waals surface area (Å²) < 4.78 is 46.7. The van der Waals surface area contributed by atoms with Crippen LogP contribution in [0.5, 0.6) is 0 Å². The Balaban J connectivity index is 1.32. The van der Waals surface area contributed by atoms with Crippen LogP contribution in [0.15, 0.2) is 71.5 Å². The summed E-state index contributed by atoms with van der Waals surface area (Å²) in [6.07, 6.45) is -4.87. The van der Waals surface area contributed by atoms with Crippen molar-refractivity contribution in [2.24, 2.45) is 0 Å². The lowest BCUT2D eigenvalue weighted by molar-refractivity contribution is -0.148. The molecule has 1 saturated heterocycles. The monoisotopic (exact) mass is 610 g/mol. The summed E-state index contributed by atoms with van der Waals surface area (Å²) in [5.41, 5.74) is 3.78. The molecular weight excluding hydrogens is 581 g/mol. The number of carbonyl (C=O) groups is 1. The molecule has 1 aliphatic heterocycles. The van der Waals surface area contributed by atoms with E-state index >= 15 is 0 Å². The molecule has 224 valence electrons. The van der Waals surface area contributed by atoms with Crippen LogP contribution in [0.1, 0.15) is 54.9 Å². The van der Waals surface area contributed by atoms with Gasteiger partial charge in [0.1, 0.15) is 5.82 Å². The summed E-state index contributed by atoms with van der Waals surface area (Å²) in [6.45, 7) is 1.10. The second-order valence-corrected chi connectivity index (χ2v) is 11.5. The fourth-order valence-electron chi connectivity index (χ4n) is 6.21. The van der Waals surface area contributed by atoms with Crippen LogP contribution in [-0.4, -0.2) is 58.3 Å². The zero-order valence-corrected chi connectivity index (χ0v) is 24.4. The van der Waals surface area contributed by atoms with Crippen LogP contribution in [0.2, 0.25) is 5.02 Å². The number of amides is 1. The Hall–Kier alpha value is -3.89. The third-order valence-electron chi connectivity index (χ3n) is 8.47. The van der Waals surface area contributed by atoms with Gasteiger partial charge >= 0.3 is 12.3 Å². The van der Waals surface area contributed by atoms with Crippen molar-refractivity contribution in [1.82, 2.24) is 19.4 Å². The number of piperidine rings is 1. The lowest BCUT2D eigenvalue weighted by Gasteiger charge is -2.35. The van der Waals surface area contributed by atoms with Crippen molar-refractivity contribution in [2.75, 3.05) is 26.7 Å². The Kier molecular flexibility index (Phi) is 7.68. The first-order valence-corrected chi connectivity index (χ1v) is 14.5. The van der Waals surface area contributed by atoms with E-state index in [1.165, 1.54) is 14.4 Å². The molecule has 2 aliphatic rings. The standard InChI is InChI=1S/C32H30ClF3N4O3/c1-19(38(2)31(42)43-28-23-10-5-3-8-21(23)22-9-4-6-11-24(22)28)29-37-26-13-7-12-25(33)27(26)30(41)40(29)20-14-16-39(17-15-20)18-32(34,35)36/h3-13,19-20,28H,14-18H2,1-2H3/t19-/m0/s1. The van der Waals surface area contributed by atoms with Gasteiger partial charge < -0.3 is 9.64 Å². The minimum Gasteiger partial charge on any atom is -0.436 e. The Morgan fingerprint density at radius 3 is 2.23 bits per heavy atom. The van der Waals surface area contributed by atoms with Gasteiger partial charge in [0.05, 0.1) is 28.5 Å². The van der Waals surface area contributed by atoms with Crippen molar-refractivity contribution in [1.29, 1.82) is 0 Å². The quantitative estimate of drug-likeness (QED) is 0.240. The van der Waals surface area contributed by atoms with Crippen molar-refractivity contribution in [3.63, 3.8) is 0 Å². The highest BCUT2D eigenvalue weighted by Gasteiger charge is 2.36. The molecule has 4 aromatic rings. The Labute approximate surface area is 251 Å². The Morgan fingerprint density at radius 1 is 1.02 bits per heavy atom. The number of alkyl halides is 3. The van der Waals surface area contributed by atoms with Gasteiger partial charge in [0.15, 0.2) is 6.10 Å². The third kappa shape index (κ3) is 5.49. The molecule has 1 amide bonds. The topological polar surface area (TPSA) is 67.7 Å². The molecule has 1 aliphatic carbocycles. The van der Waals surface area contributed by atoms with Gasteiger partial charge in [-0.3, -0.25) is 14.3 Å². The second kappa shape index (κ2) is 11.3. The van der Waals surface area contributed by atoms with E-state index in [0.717, 1.165) is 22.3 Å². The third-order valence-corrected chi connectivity index (χ3v) is 8.78. The van der Waals surface area contributed by atoms with E-state index in [1.807, 2.05) is 48.5 Å². The highest BCUT2D eigenvalue weighted by molar-refractivity contribution is 6.35. The van der Waals surface area contributed by atoms with Gasteiger partial charge in [0, 0.05) is 37.3 Å². The van der Waals surface area contributed by atoms with Crippen molar-refractivity contribution < 1.29 is 22.7 Å². The fourth-order valence-corrected chi connectivity index (χ4v) is 6.46. The van der Waals surface area contributed by atoms with E-state index < -0.39 is 37.0 Å². The van der Waals surface area contributed by atoms with E-state index in [2.05, 4.69) is 0 Å². The normalized spacial score (nSPS) is 16.6. The first kappa shape index (κ1) is 29.2. The predicted molar refractivity (Wildman–Crippen MR) is 158 cm³/mol. The van der Waals surface area contributed by atoms with E-state index in [1.54, 1.807) is 32.2 Å². The van der Waals surface area contributed by atoms with Gasteiger partial charge in [-0.25, -0.2) is 9.78 Å². The van der Waals surface area contributed by atoms with Gasteiger partial charge in [0.2, 0.25) is 0 Å². The summed E-state index contributed by atoms with van der Waals surface area (Å²) in [6, 6.07) is 19.4. The van der Waals surface area contributed by atoms with Crippen LogP contribution >= 0.6 is 11.6 Å². The molecule has 1 aromatic heterocycles. The summed E-state index contributed by atoms with van der Waals surface area (Å²) in [4.78, 5) is 35.1. The van der Waals surface area contributed by atoms with Gasteiger partial charge in [-0.05, 0) is 43.0 Å². The predicted octanol–water partition coefficient (Wildman–Crippen LogP) is 7.15. The molecule has 0 radical (unpaired) electrons. The molecule has 11 heteroatoms. The number of ether oxygens (including phenoxy) is 1. The molecule has 2 heterocycles. The summed E-state index contributed by atoms with van der Waals surface area (Å²) >= 11 is 6.42. The molecule has 0 spiro atoms. The average molecular weight is 611 g/mol. The minimum atomic E-state index is -4.30. The first-order valence-electron chi connectivity index (χ1n) is 14.1. The maximum absolute atomic E-state index is 13.9. The number of aromatic nitrogens is 2. The minimum absolute atomic E-state index is 0.170. The molecule has 0 unspecified atom stereocenters. The van der Waals surface area contributed by atoms with Crippen molar-refractivity contribution in [2.45, 2.75) is 44.1 Å². The van der Waals surface area contributed by atoms with Gasteiger partial charge in [-0.15, -0.1) is 0 Å². The molecule has 1 fully saturated rings. The van der Waals surface area contributed by atoms with Crippen LogP contribution in [0, 0.1) is 0 Å². The number of likely N-dealkylation sites (tertiary alicyclic amines) is 1. The van der Waals surface area contributed by atoms with E-state index in [9.17, 15) is 22.8 Å². The number of nitrogens with zero attached hydrogens (tertiary/aromatic N) is 4. The summed E-state index contributed by atoms with van der Waals surface area (Å²) in [7, 11) is 1.59. The number of benzene rings is 3. The van der Waals surface area contributed by atoms with E-state index in [0.29, 0.717) is 24.2 Å². The largest absolute Gasteiger partial charge is 0.436 e. The number of rotatable bonds is 5. The number of fused-ring (bicyclic) bond motifs is 4. The number of halogens is 4. The van der Waals surface area contributed by atoms with Gasteiger partial charge in [-0.2, -0.15) is 13.2 Å². The molecule has 6 rings (SSSR count). The maximum atomic E-state index is 13.9. The molecule has 0 bridgehead atoms. The molecular formula is C32H30ClF3N4O3. The van der Waals surface area contributed by atoms with Crippen molar-refractivity contribution >= 4 is 28.6 Å². The van der Waals surface area contributed by atoms with E-state index in [-0.39, 0.29) is 29.1 Å².